The molecule has 3 nitrogen and oxygen atoms in total. The maximum absolute atomic E-state index is 5.77. The van der Waals surface area contributed by atoms with E-state index in [1.807, 2.05) is 31.2 Å². The smallest absolute Gasteiger partial charge is 0.0600 e. The van der Waals surface area contributed by atoms with Gasteiger partial charge in [-0.15, -0.1) is 0 Å². The topological polar surface area (TPSA) is 42.1 Å². The molecule has 1 heterocycles. The minimum Gasteiger partial charge on any atom is -0.399 e. The lowest BCUT2D eigenvalue weighted by molar-refractivity contribution is 0.873. The first kappa shape index (κ1) is 12.4. The van der Waals surface area contributed by atoms with E-state index in [2.05, 4.69) is 36.0 Å². The monoisotopic (exact) mass is 241 g/mol. The van der Waals surface area contributed by atoms with Crippen LogP contribution < -0.4 is 10.6 Å². The second-order valence-corrected chi connectivity index (χ2v) is 4.67. The zero-order chi connectivity index (χ0) is 13.1. The number of benzene rings is 1. The number of hydrogen-bond acceptors (Lipinski definition) is 3. The lowest BCUT2D eigenvalue weighted by Gasteiger charge is -2.21. The highest BCUT2D eigenvalue weighted by atomic mass is 15.1. The number of hydrogen-bond donors (Lipinski definition) is 1. The van der Waals surface area contributed by atoms with Crippen molar-refractivity contribution in [2.75, 3.05) is 17.7 Å². The van der Waals surface area contributed by atoms with E-state index in [-0.39, 0.29) is 0 Å². The Morgan fingerprint density at radius 1 is 1.17 bits per heavy atom. The third-order valence-corrected chi connectivity index (χ3v) is 2.98. The molecule has 18 heavy (non-hydrogen) atoms. The van der Waals surface area contributed by atoms with Crippen LogP contribution in [0.15, 0.2) is 36.4 Å². The molecule has 0 fully saturated rings. The Morgan fingerprint density at radius 2 is 1.94 bits per heavy atom. The number of nitrogens with two attached hydrogens (primary N) is 1. The van der Waals surface area contributed by atoms with Crippen molar-refractivity contribution >= 4 is 11.4 Å². The summed E-state index contributed by atoms with van der Waals surface area (Å²) >= 11 is 0. The molecular formula is C15H19N3. The Balaban J connectivity index is 2.19. The van der Waals surface area contributed by atoms with Crippen LogP contribution in [0.1, 0.15) is 17.0 Å². The predicted molar refractivity (Wildman–Crippen MR) is 76.7 cm³/mol. The van der Waals surface area contributed by atoms with Crippen molar-refractivity contribution in [1.29, 1.82) is 0 Å². The van der Waals surface area contributed by atoms with E-state index in [0.717, 1.165) is 23.6 Å². The highest BCUT2D eigenvalue weighted by Gasteiger charge is 2.06. The van der Waals surface area contributed by atoms with Gasteiger partial charge in [-0.25, -0.2) is 0 Å². The van der Waals surface area contributed by atoms with E-state index in [0.29, 0.717) is 0 Å². The molecule has 0 saturated carbocycles. The normalized spacial score (nSPS) is 10.4. The average Bonchev–Trinajstić information content (AvgIpc) is 2.28. The largest absolute Gasteiger partial charge is 0.399 e. The zero-order valence-corrected chi connectivity index (χ0v) is 11.1. The van der Waals surface area contributed by atoms with Crippen molar-refractivity contribution in [3.05, 3.63) is 53.3 Å². The van der Waals surface area contributed by atoms with Gasteiger partial charge in [0.25, 0.3) is 0 Å². The van der Waals surface area contributed by atoms with Crippen LogP contribution in [0.4, 0.5) is 11.4 Å². The summed E-state index contributed by atoms with van der Waals surface area (Å²) in [5, 5.41) is 0. The first-order valence-corrected chi connectivity index (χ1v) is 6.06. The van der Waals surface area contributed by atoms with Crippen molar-refractivity contribution in [3.63, 3.8) is 0 Å². The summed E-state index contributed by atoms with van der Waals surface area (Å²) in [5.41, 5.74) is 11.1. The Hall–Kier alpha value is -2.03. The Labute approximate surface area is 108 Å². The maximum atomic E-state index is 5.77. The molecule has 0 saturated heterocycles. The molecule has 0 unspecified atom stereocenters. The quantitative estimate of drug-likeness (QED) is 0.840. The van der Waals surface area contributed by atoms with E-state index in [1.54, 1.807) is 0 Å². The predicted octanol–water partition coefficient (Wildman–Crippen LogP) is 2.92. The van der Waals surface area contributed by atoms with E-state index < -0.39 is 0 Å². The molecule has 94 valence electrons. The van der Waals surface area contributed by atoms with Crippen molar-refractivity contribution in [3.8, 4) is 0 Å². The van der Waals surface area contributed by atoms with Crippen molar-refractivity contribution in [1.82, 2.24) is 4.98 Å². The Bertz CT molecular complexity index is 549. The number of rotatable bonds is 3. The first-order valence-electron chi connectivity index (χ1n) is 6.06. The molecular weight excluding hydrogens is 222 g/mol. The molecule has 1 aromatic carbocycles. The highest BCUT2D eigenvalue weighted by Crippen LogP contribution is 2.22. The van der Waals surface area contributed by atoms with Crippen LogP contribution >= 0.6 is 0 Å². The first-order chi connectivity index (χ1) is 8.56. The fourth-order valence-corrected chi connectivity index (χ4v) is 2.12. The van der Waals surface area contributed by atoms with Gasteiger partial charge >= 0.3 is 0 Å². The molecule has 1 aromatic heterocycles. The highest BCUT2D eigenvalue weighted by molar-refractivity contribution is 5.58. The Morgan fingerprint density at radius 3 is 2.61 bits per heavy atom. The van der Waals surface area contributed by atoms with Crippen LogP contribution in [-0.4, -0.2) is 12.0 Å². The molecule has 0 atom stereocenters. The van der Waals surface area contributed by atoms with Gasteiger partial charge in [-0.2, -0.15) is 0 Å². The van der Waals surface area contributed by atoms with Crippen molar-refractivity contribution in [2.45, 2.75) is 20.4 Å². The zero-order valence-electron chi connectivity index (χ0n) is 11.1. The van der Waals surface area contributed by atoms with Gasteiger partial charge < -0.3 is 10.6 Å². The summed E-state index contributed by atoms with van der Waals surface area (Å²) in [4.78, 5) is 6.71. The minimum atomic E-state index is 0.798. The number of aryl methyl sites for hydroxylation is 2. The van der Waals surface area contributed by atoms with Gasteiger partial charge in [-0.3, -0.25) is 4.98 Å². The molecule has 0 amide bonds. The van der Waals surface area contributed by atoms with Crippen LogP contribution in [0.25, 0.3) is 0 Å². The average molecular weight is 241 g/mol. The third kappa shape index (κ3) is 2.80. The lowest BCUT2D eigenvalue weighted by Crippen LogP contribution is -2.18. The van der Waals surface area contributed by atoms with Gasteiger partial charge in [-0.1, -0.05) is 6.07 Å². The minimum absolute atomic E-state index is 0.798. The maximum Gasteiger partial charge on any atom is 0.0600 e. The van der Waals surface area contributed by atoms with E-state index in [9.17, 15) is 0 Å². The molecule has 2 N–H and O–H groups in total. The summed E-state index contributed by atoms with van der Waals surface area (Å²) in [6.07, 6.45) is 0. The lowest BCUT2D eigenvalue weighted by atomic mass is 10.1. The van der Waals surface area contributed by atoms with Crippen LogP contribution in [0, 0.1) is 13.8 Å². The number of aromatic nitrogens is 1. The second kappa shape index (κ2) is 5.08. The molecule has 0 aliphatic carbocycles. The standard InChI is InChI=1S/C15H19N3/c1-11-9-13(16)7-8-15(11)18(3)10-14-6-4-5-12(2)17-14/h4-9H,10,16H2,1-3H3. The van der Waals surface area contributed by atoms with Gasteiger partial charge in [0.15, 0.2) is 0 Å². The van der Waals surface area contributed by atoms with E-state index in [4.69, 9.17) is 5.73 Å². The summed E-state index contributed by atoms with van der Waals surface area (Å²) in [6, 6.07) is 12.1. The molecule has 0 aliphatic heterocycles. The number of nitrogen functional groups attached to an aromatic ring is 1. The van der Waals surface area contributed by atoms with Crippen molar-refractivity contribution < 1.29 is 0 Å². The summed E-state index contributed by atoms with van der Waals surface area (Å²) < 4.78 is 0. The number of nitrogens with zero attached hydrogens (tertiary/aromatic N) is 2. The molecule has 2 rings (SSSR count). The molecule has 3 heteroatoms. The van der Waals surface area contributed by atoms with Gasteiger partial charge in [-0.05, 0) is 49.7 Å². The van der Waals surface area contributed by atoms with Crippen LogP contribution in [0.2, 0.25) is 0 Å². The number of pyridine rings is 1. The third-order valence-electron chi connectivity index (χ3n) is 2.98. The van der Waals surface area contributed by atoms with Gasteiger partial charge in [0.2, 0.25) is 0 Å². The SMILES string of the molecule is Cc1cccc(CN(C)c2ccc(N)cc2C)n1. The molecule has 0 radical (unpaired) electrons. The Kier molecular flexibility index (Phi) is 3.51. The summed E-state index contributed by atoms with van der Waals surface area (Å²) in [6.45, 7) is 4.89. The van der Waals surface area contributed by atoms with Gasteiger partial charge in [0.05, 0.1) is 12.2 Å². The van der Waals surface area contributed by atoms with Crippen LogP contribution in [0.5, 0.6) is 0 Å². The molecule has 0 aliphatic rings. The summed E-state index contributed by atoms with van der Waals surface area (Å²) in [7, 11) is 2.07. The van der Waals surface area contributed by atoms with Crippen LogP contribution in [0.3, 0.4) is 0 Å². The fourth-order valence-electron chi connectivity index (χ4n) is 2.12. The fraction of sp³-hybridized carbons (Fsp3) is 0.267. The molecule has 0 bridgehead atoms. The van der Waals surface area contributed by atoms with Gasteiger partial charge in [0.1, 0.15) is 0 Å². The van der Waals surface area contributed by atoms with Crippen molar-refractivity contribution in [2.24, 2.45) is 0 Å². The second-order valence-electron chi connectivity index (χ2n) is 4.67. The number of anilines is 2. The van der Waals surface area contributed by atoms with E-state index in [1.165, 1.54) is 11.3 Å². The molecule has 2 aromatic rings. The molecule has 0 spiro atoms. The van der Waals surface area contributed by atoms with Crippen LogP contribution in [-0.2, 0) is 6.54 Å². The van der Waals surface area contributed by atoms with E-state index >= 15 is 0 Å². The summed E-state index contributed by atoms with van der Waals surface area (Å²) in [5.74, 6) is 0. The van der Waals surface area contributed by atoms with Gasteiger partial charge in [0, 0.05) is 24.1 Å².